The molecule has 4 heteroatoms. The summed E-state index contributed by atoms with van der Waals surface area (Å²) in [6.45, 7) is 2.86. The zero-order valence-electron chi connectivity index (χ0n) is 12.8. The molecule has 0 radical (unpaired) electrons. The molecule has 0 aliphatic rings. The normalized spacial score (nSPS) is 14.0. The molecule has 1 heterocycles. The first-order valence-electron chi connectivity index (χ1n) is 7.51. The molecule has 2 aromatic rings. The maximum absolute atomic E-state index is 9.52. The molecule has 0 bridgehead atoms. The van der Waals surface area contributed by atoms with Crippen LogP contribution in [-0.4, -0.2) is 35.9 Å². The van der Waals surface area contributed by atoms with Crippen LogP contribution < -0.4 is 10.1 Å². The van der Waals surface area contributed by atoms with Crippen LogP contribution in [0.15, 0.2) is 36.5 Å². The number of para-hydroxylation sites is 1. The van der Waals surface area contributed by atoms with Crippen LogP contribution in [0.2, 0.25) is 0 Å². The van der Waals surface area contributed by atoms with Crippen molar-refractivity contribution in [3.63, 3.8) is 0 Å². The van der Waals surface area contributed by atoms with E-state index in [0.29, 0.717) is 6.61 Å². The molecule has 1 aromatic carbocycles. The largest absolute Gasteiger partial charge is 0.491 e. The fourth-order valence-corrected chi connectivity index (χ4v) is 2.53. The molecule has 0 spiro atoms. The van der Waals surface area contributed by atoms with Gasteiger partial charge in [-0.05, 0) is 38.4 Å². The first-order valence-corrected chi connectivity index (χ1v) is 7.51. The van der Waals surface area contributed by atoms with Gasteiger partial charge in [0.25, 0.3) is 0 Å². The minimum Gasteiger partial charge on any atom is -0.491 e. The fraction of sp³-hybridized carbons (Fsp3) is 0.471. The molecule has 1 atom stereocenters. The van der Waals surface area contributed by atoms with Gasteiger partial charge in [0.15, 0.2) is 0 Å². The summed E-state index contributed by atoms with van der Waals surface area (Å²) in [5.41, 5.74) is 0.706. The molecule has 1 aromatic heterocycles. The second-order valence-corrected chi connectivity index (χ2v) is 5.33. The Morgan fingerprint density at radius 3 is 2.81 bits per heavy atom. The van der Waals surface area contributed by atoms with Crippen LogP contribution >= 0.6 is 0 Å². The van der Waals surface area contributed by atoms with Crippen LogP contribution in [0.1, 0.15) is 26.2 Å². The minimum absolute atomic E-state index is 0.149. The molecule has 0 amide bonds. The number of benzene rings is 1. The fourth-order valence-electron chi connectivity index (χ4n) is 2.53. The Hall–Kier alpha value is -1.65. The topological polar surface area (TPSA) is 54.4 Å². The van der Waals surface area contributed by atoms with Crippen molar-refractivity contribution < 1.29 is 9.84 Å². The smallest absolute Gasteiger partial charge is 0.145 e. The summed E-state index contributed by atoms with van der Waals surface area (Å²) in [4.78, 5) is 4.38. The van der Waals surface area contributed by atoms with E-state index in [-0.39, 0.29) is 12.1 Å². The molecule has 0 aliphatic carbocycles. The van der Waals surface area contributed by atoms with Gasteiger partial charge >= 0.3 is 0 Å². The third-order valence-corrected chi connectivity index (χ3v) is 4.16. The highest BCUT2D eigenvalue weighted by molar-refractivity contribution is 5.84. The number of nitrogens with one attached hydrogen (secondary N) is 1. The average Bonchev–Trinajstić information content (AvgIpc) is 2.56. The van der Waals surface area contributed by atoms with Crippen molar-refractivity contribution in [3.05, 3.63) is 36.5 Å². The average molecular weight is 288 g/mol. The summed E-state index contributed by atoms with van der Waals surface area (Å²) in [7, 11) is 1.90. The van der Waals surface area contributed by atoms with Gasteiger partial charge in [-0.3, -0.25) is 4.98 Å². The molecule has 21 heavy (non-hydrogen) atoms. The summed E-state index contributed by atoms with van der Waals surface area (Å²) in [6.07, 6.45) is 4.45. The number of fused-ring (bicyclic) bond motifs is 1. The Morgan fingerprint density at radius 1 is 1.29 bits per heavy atom. The van der Waals surface area contributed by atoms with Gasteiger partial charge in [0.2, 0.25) is 0 Å². The van der Waals surface area contributed by atoms with Gasteiger partial charge in [0.1, 0.15) is 11.3 Å². The lowest BCUT2D eigenvalue weighted by Gasteiger charge is -2.30. The predicted octanol–water partition coefficient (Wildman–Crippen LogP) is 2.75. The number of ether oxygens (including phenoxy) is 1. The number of aromatic nitrogens is 1. The Morgan fingerprint density at radius 2 is 2.10 bits per heavy atom. The van der Waals surface area contributed by atoms with E-state index in [2.05, 4.69) is 17.2 Å². The van der Waals surface area contributed by atoms with Crippen LogP contribution in [0.3, 0.4) is 0 Å². The van der Waals surface area contributed by atoms with Gasteiger partial charge in [-0.15, -0.1) is 0 Å². The number of pyridine rings is 1. The van der Waals surface area contributed by atoms with E-state index in [1.165, 1.54) is 0 Å². The maximum Gasteiger partial charge on any atom is 0.145 e. The number of hydrogen-bond acceptors (Lipinski definition) is 4. The highest BCUT2D eigenvalue weighted by Crippen LogP contribution is 2.23. The van der Waals surface area contributed by atoms with Crippen molar-refractivity contribution in [1.29, 1.82) is 0 Å². The zero-order valence-corrected chi connectivity index (χ0v) is 12.8. The van der Waals surface area contributed by atoms with Gasteiger partial charge in [-0.2, -0.15) is 0 Å². The Balaban J connectivity index is 1.94. The van der Waals surface area contributed by atoms with Crippen molar-refractivity contribution in [1.82, 2.24) is 10.3 Å². The lowest BCUT2D eigenvalue weighted by atomic mass is 9.92. The van der Waals surface area contributed by atoms with Crippen LogP contribution in [0.4, 0.5) is 0 Å². The van der Waals surface area contributed by atoms with Gasteiger partial charge in [0, 0.05) is 17.1 Å². The number of likely N-dealkylation sites (N-methyl/N-ethyl adjacent to an activating group) is 1. The van der Waals surface area contributed by atoms with E-state index in [9.17, 15) is 5.11 Å². The van der Waals surface area contributed by atoms with E-state index in [0.717, 1.165) is 35.9 Å². The van der Waals surface area contributed by atoms with E-state index in [1.807, 2.05) is 37.4 Å². The molecule has 1 unspecified atom stereocenters. The standard InChI is InChI=1S/C17H24N2O2/c1-3-17(13-20,18-2)10-6-12-21-15-9-4-7-14-8-5-11-19-16(14)15/h4-5,7-9,11,18,20H,3,6,10,12-13H2,1-2H3. The van der Waals surface area contributed by atoms with Crippen molar-refractivity contribution in [2.75, 3.05) is 20.3 Å². The molecule has 0 saturated carbocycles. The van der Waals surface area contributed by atoms with Crippen molar-refractivity contribution >= 4 is 10.9 Å². The van der Waals surface area contributed by atoms with Gasteiger partial charge in [-0.25, -0.2) is 0 Å². The van der Waals surface area contributed by atoms with Crippen LogP contribution in [0, 0.1) is 0 Å². The number of hydrogen-bond donors (Lipinski definition) is 2. The van der Waals surface area contributed by atoms with Gasteiger partial charge < -0.3 is 15.2 Å². The van der Waals surface area contributed by atoms with Crippen molar-refractivity contribution in [3.8, 4) is 5.75 Å². The number of nitrogens with zero attached hydrogens (tertiary/aromatic N) is 1. The highest BCUT2D eigenvalue weighted by atomic mass is 16.5. The molecule has 0 aliphatic heterocycles. The lowest BCUT2D eigenvalue weighted by Crippen LogP contribution is -2.46. The molecular weight excluding hydrogens is 264 g/mol. The van der Waals surface area contributed by atoms with Gasteiger partial charge in [0.05, 0.1) is 13.2 Å². The molecule has 0 saturated heterocycles. The molecular formula is C17H24N2O2. The monoisotopic (exact) mass is 288 g/mol. The minimum atomic E-state index is -0.194. The van der Waals surface area contributed by atoms with E-state index in [1.54, 1.807) is 6.20 Å². The third-order valence-electron chi connectivity index (χ3n) is 4.16. The zero-order chi connectivity index (χ0) is 15.1. The molecule has 4 nitrogen and oxygen atoms in total. The number of aliphatic hydroxyl groups is 1. The Bertz CT molecular complexity index is 554. The first kappa shape index (κ1) is 15.7. The Labute approximate surface area is 126 Å². The van der Waals surface area contributed by atoms with E-state index < -0.39 is 0 Å². The third kappa shape index (κ3) is 3.71. The first-order chi connectivity index (χ1) is 10.2. The summed E-state index contributed by atoms with van der Waals surface area (Å²) in [6, 6.07) is 9.92. The van der Waals surface area contributed by atoms with Crippen molar-refractivity contribution in [2.45, 2.75) is 31.7 Å². The maximum atomic E-state index is 9.52. The number of aliphatic hydroxyl groups excluding tert-OH is 1. The second-order valence-electron chi connectivity index (χ2n) is 5.33. The summed E-state index contributed by atoms with van der Waals surface area (Å²) in [5.74, 6) is 0.823. The summed E-state index contributed by atoms with van der Waals surface area (Å²) in [5, 5.41) is 13.8. The quantitative estimate of drug-likeness (QED) is 0.733. The summed E-state index contributed by atoms with van der Waals surface area (Å²) < 4.78 is 5.88. The number of rotatable bonds is 8. The van der Waals surface area contributed by atoms with Crippen molar-refractivity contribution in [2.24, 2.45) is 0 Å². The van der Waals surface area contributed by atoms with E-state index in [4.69, 9.17) is 4.74 Å². The molecule has 2 rings (SSSR count). The lowest BCUT2D eigenvalue weighted by molar-refractivity contribution is 0.145. The predicted molar refractivity (Wildman–Crippen MR) is 85.6 cm³/mol. The highest BCUT2D eigenvalue weighted by Gasteiger charge is 2.24. The molecule has 114 valence electrons. The summed E-state index contributed by atoms with van der Waals surface area (Å²) >= 11 is 0. The van der Waals surface area contributed by atoms with Crippen LogP contribution in [0.25, 0.3) is 10.9 Å². The van der Waals surface area contributed by atoms with Crippen LogP contribution in [-0.2, 0) is 0 Å². The van der Waals surface area contributed by atoms with E-state index >= 15 is 0 Å². The second kappa shape index (κ2) is 7.38. The van der Waals surface area contributed by atoms with Gasteiger partial charge in [-0.1, -0.05) is 25.1 Å². The Kier molecular flexibility index (Phi) is 5.53. The van der Waals surface area contributed by atoms with Crippen LogP contribution in [0.5, 0.6) is 5.75 Å². The molecule has 2 N–H and O–H groups in total. The SMILES string of the molecule is CCC(CO)(CCCOc1cccc2cccnc12)NC. The molecule has 0 fully saturated rings.